The second-order valence-electron chi connectivity index (χ2n) is 15.2. The normalized spacial score (nSPS) is 20.9. The lowest BCUT2D eigenvalue weighted by Crippen LogP contribution is -2.28. The molecule has 0 bridgehead atoms. The van der Waals surface area contributed by atoms with Crippen LogP contribution in [0, 0.1) is 0 Å². The Bertz CT molecular complexity index is 2300. The summed E-state index contributed by atoms with van der Waals surface area (Å²) in [5.41, 5.74) is 6.84. The Morgan fingerprint density at radius 3 is 2.16 bits per heavy atom. The average molecular weight is 839 g/mol. The summed E-state index contributed by atoms with van der Waals surface area (Å²) in [5, 5.41) is 12.4. The third-order valence-corrected chi connectivity index (χ3v) is 13.7. The summed E-state index contributed by atoms with van der Waals surface area (Å²) in [7, 11) is -12.6. The third-order valence-electron chi connectivity index (χ3n) is 10.7. The molecule has 300 valence electrons. The van der Waals surface area contributed by atoms with Crippen LogP contribution in [-0.4, -0.2) is 72.5 Å². The highest BCUT2D eigenvalue weighted by molar-refractivity contribution is 7.94. The first-order valence-electron chi connectivity index (χ1n) is 17.9. The highest BCUT2D eigenvalue weighted by Gasteiger charge is 2.45. The van der Waals surface area contributed by atoms with Gasteiger partial charge in [0.2, 0.25) is 5.69 Å². The van der Waals surface area contributed by atoms with E-state index in [-0.39, 0.29) is 28.7 Å². The van der Waals surface area contributed by atoms with E-state index >= 15 is 0 Å². The van der Waals surface area contributed by atoms with Crippen molar-refractivity contribution < 1.29 is 58.1 Å². The molecule has 0 saturated heterocycles. The molecule has 1 unspecified atom stereocenters. The molecule has 17 heteroatoms. The summed E-state index contributed by atoms with van der Waals surface area (Å²) in [6.07, 6.45) is 14.2. The van der Waals surface area contributed by atoms with Crippen LogP contribution in [0.15, 0.2) is 93.3 Å². The largest absolute Gasteiger partial charge is 0.294 e. The monoisotopic (exact) mass is 838 g/mol. The molecule has 0 radical (unpaired) electrons. The van der Waals surface area contributed by atoms with E-state index in [0.717, 1.165) is 69.7 Å². The molecule has 5 rings (SSSR count). The minimum Gasteiger partial charge on any atom is -0.286 e. The number of hydrogen-bond acceptors (Lipinski definition) is 10. The van der Waals surface area contributed by atoms with Gasteiger partial charge in [0.1, 0.15) is 6.54 Å². The second kappa shape index (κ2) is 16.9. The maximum absolute atomic E-state index is 12.0. The van der Waals surface area contributed by atoms with Gasteiger partial charge < -0.3 is 0 Å². The molecule has 4 N–H and O–H groups in total. The molecule has 2 aliphatic carbocycles. The van der Waals surface area contributed by atoms with Crippen LogP contribution < -0.4 is 0 Å². The van der Waals surface area contributed by atoms with Gasteiger partial charge in [-0.2, -0.15) is 29.8 Å². The lowest BCUT2D eigenvalue weighted by atomic mass is 9.80. The summed E-state index contributed by atoms with van der Waals surface area (Å²) < 4.78 is 105. The SMILES string of the molecule is CC1(C)C(C=CC2=CC(=C/C=C3/C(CCCCS(=O)(=O)O)c4ccc(S(=O)(=O)O)cc4C3(C)C)CC2)=[N+](CCCCS(=O)(=O)O)c2ccc(SOOO)cc21. The predicted octanol–water partition coefficient (Wildman–Crippen LogP) is 7.67. The van der Waals surface area contributed by atoms with Gasteiger partial charge in [-0.3, -0.25) is 13.7 Å². The lowest BCUT2D eigenvalue weighted by molar-refractivity contribution is -0.438. The van der Waals surface area contributed by atoms with Crippen molar-refractivity contribution in [3.8, 4) is 0 Å². The molecule has 0 aromatic heterocycles. The summed E-state index contributed by atoms with van der Waals surface area (Å²) in [5.74, 6) is -0.792. The molecular formula is C38H48NO12S4+. The van der Waals surface area contributed by atoms with Gasteiger partial charge in [-0.1, -0.05) is 61.3 Å². The van der Waals surface area contributed by atoms with E-state index < -0.39 is 41.2 Å². The van der Waals surface area contributed by atoms with Crippen LogP contribution in [0.2, 0.25) is 0 Å². The fourth-order valence-corrected chi connectivity index (χ4v) is 9.98. The fraction of sp³-hybridized carbons (Fsp3) is 0.447. The zero-order valence-corrected chi connectivity index (χ0v) is 34.4. The maximum Gasteiger partial charge on any atom is 0.294 e. The van der Waals surface area contributed by atoms with Crippen molar-refractivity contribution in [2.75, 3.05) is 18.1 Å². The minimum absolute atomic E-state index is 0.129. The van der Waals surface area contributed by atoms with Crippen molar-refractivity contribution in [1.29, 1.82) is 0 Å². The average Bonchev–Trinajstić information content (AvgIpc) is 3.69. The van der Waals surface area contributed by atoms with E-state index in [1.54, 1.807) is 6.07 Å². The first-order chi connectivity index (χ1) is 25.6. The number of fused-ring (bicyclic) bond motifs is 2. The first kappa shape index (κ1) is 43.2. The molecule has 0 fully saturated rings. The van der Waals surface area contributed by atoms with E-state index in [0.29, 0.717) is 37.1 Å². The second-order valence-corrected chi connectivity index (χ2v) is 20.5. The Morgan fingerprint density at radius 1 is 0.818 bits per heavy atom. The van der Waals surface area contributed by atoms with Gasteiger partial charge in [0.05, 0.1) is 33.9 Å². The van der Waals surface area contributed by atoms with E-state index in [9.17, 15) is 38.9 Å². The van der Waals surface area contributed by atoms with Crippen LogP contribution >= 0.6 is 12.0 Å². The number of allylic oxidation sites excluding steroid dienone is 8. The molecule has 1 heterocycles. The predicted molar refractivity (Wildman–Crippen MR) is 210 cm³/mol. The van der Waals surface area contributed by atoms with E-state index in [4.69, 9.17) is 5.26 Å². The number of benzene rings is 2. The number of rotatable bonds is 17. The summed E-state index contributed by atoms with van der Waals surface area (Å²) >= 11 is 0.867. The van der Waals surface area contributed by atoms with Crippen LogP contribution in [0.1, 0.15) is 95.2 Å². The topological polar surface area (TPSA) is 205 Å². The van der Waals surface area contributed by atoms with Crippen molar-refractivity contribution >= 4 is 53.8 Å². The molecule has 3 aliphatic rings. The van der Waals surface area contributed by atoms with Crippen LogP contribution in [0.5, 0.6) is 0 Å². The van der Waals surface area contributed by atoms with Crippen LogP contribution in [0.4, 0.5) is 5.69 Å². The first-order valence-corrected chi connectivity index (χ1v) is 23.3. The lowest BCUT2D eigenvalue weighted by Gasteiger charge is -2.24. The summed E-state index contributed by atoms with van der Waals surface area (Å²) in [6.45, 7) is 8.72. The van der Waals surface area contributed by atoms with E-state index in [1.807, 2.05) is 32.0 Å². The van der Waals surface area contributed by atoms with E-state index in [1.165, 1.54) is 12.1 Å². The molecule has 55 heavy (non-hydrogen) atoms. The van der Waals surface area contributed by atoms with Crippen molar-refractivity contribution in [3.63, 3.8) is 0 Å². The summed E-state index contributed by atoms with van der Waals surface area (Å²) in [4.78, 5) is 0.527. The molecule has 0 saturated carbocycles. The molecule has 2 aromatic carbocycles. The van der Waals surface area contributed by atoms with Crippen molar-refractivity contribution in [3.05, 3.63) is 100 Å². The Kier molecular flexibility index (Phi) is 13.2. The van der Waals surface area contributed by atoms with Gasteiger partial charge in [-0.25, -0.2) is 5.26 Å². The molecule has 1 atom stereocenters. The van der Waals surface area contributed by atoms with Gasteiger partial charge in [0.15, 0.2) is 5.71 Å². The standard InChI is InChI=1S/C38H47NO12S4/c1-37(2)32(30(9-5-7-21-53(41,42)43)31-16-15-29(25-33(31)37)55(47,48)49)17-12-26-10-11-27(23-26)13-19-36-38(3,4)34-24-28(52-51-50-40)14-18-35(34)39(36)20-6-8-22-54(44,45)46/h12-19,23-25,30H,5-11,20-22H2,1-4H3,(H3-,40,41,42,43,44,45,46,47,48,49)/p+1/b19-13?,26-12?,32-17-. The molecule has 13 nitrogen and oxygen atoms in total. The molecule has 0 amide bonds. The summed E-state index contributed by atoms with van der Waals surface area (Å²) in [6, 6.07) is 10.4. The smallest absolute Gasteiger partial charge is 0.286 e. The Morgan fingerprint density at radius 2 is 1.51 bits per heavy atom. The molecule has 2 aromatic rings. The van der Waals surface area contributed by atoms with Crippen LogP contribution in [-0.2, 0) is 50.6 Å². The zero-order chi connectivity index (χ0) is 40.4. The van der Waals surface area contributed by atoms with Gasteiger partial charge in [-0.15, -0.1) is 4.33 Å². The number of nitrogens with zero attached hydrogens (tertiary/aromatic N) is 1. The Hall–Kier alpha value is -2.97. The van der Waals surface area contributed by atoms with Crippen LogP contribution in [0.25, 0.3) is 0 Å². The number of hydrogen-bond donors (Lipinski definition) is 4. The molecule has 1 aliphatic heterocycles. The van der Waals surface area contributed by atoms with Gasteiger partial charge >= 0.3 is 0 Å². The van der Waals surface area contributed by atoms with Crippen molar-refractivity contribution in [2.24, 2.45) is 0 Å². The zero-order valence-electron chi connectivity index (χ0n) is 31.1. The van der Waals surface area contributed by atoms with Crippen molar-refractivity contribution in [1.82, 2.24) is 0 Å². The minimum atomic E-state index is -4.43. The molecule has 0 spiro atoms. The molecular weight excluding hydrogens is 791 g/mol. The Balaban J connectivity index is 1.44. The Labute approximate surface area is 327 Å². The van der Waals surface area contributed by atoms with Gasteiger partial charge in [0, 0.05) is 40.4 Å². The van der Waals surface area contributed by atoms with Crippen LogP contribution in [0.3, 0.4) is 0 Å². The van der Waals surface area contributed by atoms with Crippen molar-refractivity contribution in [2.45, 2.75) is 99.2 Å². The quantitative estimate of drug-likeness (QED) is 0.0302. The maximum atomic E-state index is 12.0. The third kappa shape index (κ3) is 10.5. The fourth-order valence-electron chi connectivity index (χ4n) is 7.94. The van der Waals surface area contributed by atoms with Gasteiger partial charge in [-0.05, 0) is 92.5 Å². The highest BCUT2D eigenvalue weighted by atomic mass is 32.2. The van der Waals surface area contributed by atoms with E-state index in [2.05, 4.69) is 58.2 Å². The number of unbranched alkanes of at least 4 members (excludes halogenated alkanes) is 2. The van der Waals surface area contributed by atoms with Gasteiger partial charge in [0.25, 0.3) is 30.4 Å². The highest BCUT2D eigenvalue weighted by Crippen LogP contribution is 2.52.